The van der Waals surface area contributed by atoms with E-state index < -0.39 is 5.69 Å². The second-order valence-electron chi connectivity index (χ2n) is 7.80. The predicted molar refractivity (Wildman–Crippen MR) is 123 cm³/mol. The molecule has 0 aliphatic carbocycles. The summed E-state index contributed by atoms with van der Waals surface area (Å²) in [6.45, 7) is 3.04. The average Bonchev–Trinajstić information content (AvgIpc) is 3.09. The first-order valence-corrected chi connectivity index (χ1v) is 10.7. The van der Waals surface area contributed by atoms with Crippen LogP contribution in [0.3, 0.4) is 0 Å². The number of rotatable bonds is 4. The van der Waals surface area contributed by atoms with Crippen molar-refractivity contribution >= 4 is 34.8 Å². The van der Waals surface area contributed by atoms with Crippen molar-refractivity contribution in [2.75, 3.05) is 16.8 Å². The van der Waals surface area contributed by atoms with E-state index in [4.69, 9.17) is 11.6 Å². The van der Waals surface area contributed by atoms with Crippen LogP contribution in [0.25, 0.3) is 5.65 Å². The molecule has 1 aliphatic rings. The second kappa shape index (κ2) is 8.12. The molecule has 1 amide bonds. The highest BCUT2D eigenvalue weighted by atomic mass is 35.5. The van der Waals surface area contributed by atoms with Gasteiger partial charge < -0.3 is 10.2 Å². The van der Waals surface area contributed by atoms with Gasteiger partial charge in [0.15, 0.2) is 5.65 Å². The minimum absolute atomic E-state index is 0.229. The molecule has 2 aromatic carbocycles. The molecule has 2 aromatic heterocycles. The fourth-order valence-electron chi connectivity index (χ4n) is 4.00. The third-order valence-electron chi connectivity index (χ3n) is 5.53. The highest BCUT2D eigenvalue weighted by Crippen LogP contribution is 2.24. The minimum Gasteiger partial charge on any atom is -0.337 e. The molecule has 32 heavy (non-hydrogen) atoms. The van der Waals surface area contributed by atoms with Gasteiger partial charge in [0.05, 0.1) is 10.7 Å². The molecule has 162 valence electrons. The molecule has 0 saturated heterocycles. The largest absolute Gasteiger partial charge is 0.353 e. The molecule has 0 spiro atoms. The molecule has 1 aliphatic heterocycles. The number of para-hydroxylation sites is 1. The van der Waals surface area contributed by atoms with Gasteiger partial charge in [-0.05, 0) is 36.6 Å². The van der Waals surface area contributed by atoms with Gasteiger partial charge in [-0.25, -0.2) is 18.9 Å². The van der Waals surface area contributed by atoms with Crippen LogP contribution in [0.2, 0.25) is 5.02 Å². The van der Waals surface area contributed by atoms with Gasteiger partial charge in [-0.3, -0.25) is 4.79 Å². The molecule has 0 atom stereocenters. The summed E-state index contributed by atoms with van der Waals surface area (Å²) in [5.41, 5.74) is 3.82. The maximum Gasteiger partial charge on any atom is 0.353 e. The molecule has 5 rings (SSSR count). The number of hydrogen-bond donors (Lipinski definition) is 1. The topological polar surface area (TPSA) is 84.5 Å². The number of carbonyl (C=O) groups excluding carboxylic acids is 1. The van der Waals surface area contributed by atoms with Crippen molar-refractivity contribution in [3.63, 3.8) is 0 Å². The minimum atomic E-state index is -0.407. The summed E-state index contributed by atoms with van der Waals surface area (Å²) >= 11 is 6.11. The van der Waals surface area contributed by atoms with Gasteiger partial charge in [0, 0.05) is 24.8 Å². The highest BCUT2D eigenvalue weighted by molar-refractivity contribution is 6.33. The molecular weight excluding hydrogens is 428 g/mol. The normalized spacial score (nSPS) is 13.2. The molecule has 0 radical (unpaired) electrons. The van der Waals surface area contributed by atoms with Gasteiger partial charge in [-0.2, -0.15) is 0 Å². The highest BCUT2D eigenvalue weighted by Gasteiger charge is 2.23. The van der Waals surface area contributed by atoms with Gasteiger partial charge in [0.2, 0.25) is 11.9 Å². The number of nitrogens with one attached hydrogen (secondary N) is 1. The van der Waals surface area contributed by atoms with Gasteiger partial charge in [-0.15, -0.1) is 5.10 Å². The van der Waals surface area contributed by atoms with Crippen molar-refractivity contribution in [3.05, 3.63) is 86.9 Å². The molecule has 0 fully saturated rings. The molecular formula is C23H21ClN6O2. The maximum absolute atomic E-state index is 13.2. The molecule has 1 N–H and O–H groups in total. The van der Waals surface area contributed by atoms with E-state index in [2.05, 4.69) is 32.4 Å². The predicted octanol–water partition coefficient (Wildman–Crippen LogP) is 3.05. The number of benzene rings is 2. The van der Waals surface area contributed by atoms with E-state index in [0.29, 0.717) is 28.9 Å². The van der Waals surface area contributed by atoms with Crippen LogP contribution < -0.4 is 15.9 Å². The number of fused-ring (bicyclic) bond motifs is 2. The van der Waals surface area contributed by atoms with Crippen molar-refractivity contribution in [1.82, 2.24) is 19.2 Å². The number of amides is 1. The summed E-state index contributed by atoms with van der Waals surface area (Å²) in [7, 11) is 0. The lowest BCUT2D eigenvalue weighted by molar-refractivity contribution is -0.117. The van der Waals surface area contributed by atoms with E-state index in [9.17, 15) is 9.59 Å². The number of anilines is 2. The first kappa shape index (κ1) is 20.3. The average molecular weight is 449 g/mol. The van der Waals surface area contributed by atoms with E-state index in [1.54, 1.807) is 30.3 Å². The lowest BCUT2D eigenvalue weighted by Crippen LogP contribution is -2.35. The third kappa shape index (κ3) is 3.73. The number of nitrogens with zero attached hydrogens (tertiary/aromatic N) is 5. The van der Waals surface area contributed by atoms with Crippen LogP contribution in [0.5, 0.6) is 0 Å². The van der Waals surface area contributed by atoms with Crippen molar-refractivity contribution in [3.8, 4) is 0 Å². The van der Waals surface area contributed by atoms with Gasteiger partial charge in [0.25, 0.3) is 0 Å². The Labute approximate surface area is 189 Å². The number of hydrogen-bond acceptors (Lipinski definition) is 5. The van der Waals surface area contributed by atoms with Crippen molar-refractivity contribution < 1.29 is 4.79 Å². The molecule has 8 nitrogen and oxygen atoms in total. The summed E-state index contributed by atoms with van der Waals surface area (Å²) in [4.78, 5) is 32.5. The fraction of sp³-hybridized carbons (Fsp3) is 0.217. The summed E-state index contributed by atoms with van der Waals surface area (Å²) < 4.78 is 2.63. The molecule has 0 bridgehead atoms. The lowest BCUT2D eigenvalue weighted by atomic mass is 10.0. The molecule has 3 heterocycles. The first-order valence-electron chi connectivity index (χ1n) is 10.3. The summed E-state index contributed by atoms with van der Waals surface area (Å²) in [6, 6.07) is 17.0. The zero-order chi connectivity index (χ0) is 22.2. The van der Waals surface area contributed by atoms with Gasteiger partial charge in [0.1, 0.15) is 6.54 Å². The Bertz CT molecular complexity index is 1390. The molecule has 0 saturated carbocycles. The van der Waals surface area contributed by atoms with E-state index in [1.807, 2.05) is 19.1 Å². The van der Waals surface area contributed by atoms with Crippen LogP contribution in [0, 0.1) is 6.92 Å². The van der Waals surface area contributed by atoms with Crippen molar-refractivity contribution in [2.45, 2.75) is 26.4 Å². The Morgan fingerprint density at radius 1 is 1.12 bits per heavy atom. The van der Waals surface area contributed by atoms with E-state index >= 15 is 0 Å². The summed E-state index contributed by atoms with van der Waals surface area (Å²) in [5.74, 6) is 0.152. The number of aryl methyl sites for hydroxylation is 1. The zero-order valence-electron chi connectivity index (χ0n) is 17.5. The van der Waals surface area contributed by atoms with Gasteiger partial charge >= 0.3 is 5.69 Å². The van der Waals surface area contributed by atoms with E-state index in [-0.39, 0.29) is 12.5 Å². The van der Waals surface area contributed by atoms with Crippen LogP contribution in [-0.4, -0.2) is 31.6 Å². The van der Waals surface area contributed by atoms with Crippen LogP contribution >= 0.6 is 11.6 Å². The Morgan fingerprint density at radius 3 is 2.69 bits per heavy atom. The summed E-state index contributed by atoms with van der Waals surface area (Å²) in [6.07, 6.45) is 0.871. The Hall–Kier alpha value is -3.65. The Kier molecular flexibility index (Phi) is 5.14. The van der Waals surface area contributed by atoms with Crippen molar-refractivity contribution in [2.24, 2.45) is 0 Å². The van der Waals surface area contributed by atoms with Gasteiger partial charge in [-0.1, -0.05) is 48.0 Å². The smallest absolute Gasteiger partial charge is 0.337 e. The van der Waals surface area contributed by atoms with Crippen LogP contribution in [0.4, 0.5) is 11.6 Å². The number of halogens is 1. The van der Waals surface area contributed by atoms with Crippen LogP contribution in [0.1, 0.15) is 16.8 Å². The first-order chi connectivity index (χ1) is 15.5. The number of carbonyl (C=O) groups is 1. The fourth-order valence-corrected chi connectivity index (χ4v) is 4.19. The quantitative estimate of drug-likeness (QED) is 0.518. The zero-order valence-corrected chi connectivity index (χ0v) is 18.2. The standard InChI is InChI=1S/C23H21ClN6O2/c1-15-12-20-27-29(14-21(31)26-19-9-5-4-8-18(19)24)23(32)30(20)22(25-15)28-11-10-16-6-2-3-7-17(16)13-28/h2-9,12H,10-11,13-14H2,1H3,(H,26,31). The molecule has 4 aromatic rings. The van der Waals surface area contributed by atoms with Crippen LogP contribution in [0.15, 0.2) is 59.4 Å². The second-order valence-corrected chi connectivity index (χ2v) is 8.21. The Balaban J connectivity index is 1.47. The maximum atomic E-state index is 13.2. The molecule has 0 unspecified atom stereocenters. The molecule has 9 heteroatoms. The van der Waals surface area contributed by atoms with Crippen molar-refractivity contribution in [1.29, 1.82) is 0 Å². The van der Waals surface area contributed by atoms with Crippen LogP contribution in [-0.2, 0) is 24.3 Å². The monoisotopic (exact) mass is 448 g/mol. The van der Waals surface area contributed by atoms with E-state index in [0.717, 1.165) is 23.3 Å². The summed E-state index contributed by atoms with van der Waals surface area (Å²) in [5, 5.41) is 7.53. The number of aromatic nitrogens is 4. The lowest BCUT2D eigenvalue weighted by Gasteiger charge is -2.29. The SMILES string of the molecule is Cc1cc2nn(CC(=O)Nc3ccccc3Cl)c(=O)n2c(N2CCc3ccccc3C2)n1. The van der Waals surface area contributed by atoms with E-state index in [1.165, 1.54) is 15.5 Å². The Morgan fingerprint density at radius 2 is 1.88 bits per heavy atom. The third-order valence-corrected chi connectivity index (χ3v) is 5.86.